The van der Waals surface area contributed by atoms with Crippen LogP contribution in [0.15, 0.2) is 0 Å². The van der Waals surface area contributed by atoms with Crippen LogP contribution in [-0.2, 0) is 4.74 Å². The molecular weight excluding hydrogens is 157 g/mol. The topological polar surface area (TPSA) is 12.5 Å². The monoisotopic (exact) mass is 173 g/mol. The van der Waals surface area contributed by atoms with E-state index >= 15 is 0 Å². The van der Waals surface area contributed by atoms with Crippen molar-refractivity contribution in [2.75, 3.05) is 19.7 Å². The van der Waals surface area contributed by atoms with Crippen molar-refractivity contribution < 1.29 is 9.13 Å². The third-order valence-corrected chi connectivity index (χ3v) is 2.83. The molecule has 0 unspecified atom stereocenters. The zero-order valence-electron chi connectivity index (χ0n) is 7.72. The minimum absolute atomic E-state index is 0.145. The largest absolute Gasteiger partial charge is 0.373 e. The summed E-state index contributed by atoms with van der Waals surface area (Å²) in [6, 6.07) is 0.435. The highest BCUT2D eigenvalue weighted by molar-refractivity contribution is 4.97. The first-order valence-electron chi connectivity index (χ1n) is 4.64. The summed E-state index contributed by atoms with van der Waals surface area (Å²) in [7, 11) is 0. The van der Waals surface area contributed by atoms with E-state index in [9.17, 15) is 4.39 Å². The molecule has 0 amide bonds. The van der Waals surface area contributed by atoms with Crippen LogP contribution >= 0.6 is 0 Å². The number of nitrogens with zero attached hydrogens (tertiary/aromatic N) is 1. The first-order valence-corrected chi connectivity index (χ1v) is 4.64. The van der Waals surface area contributed by atoms with Gasteiger partial charge in [0, 0.05) is 25.6 Å². The van der Waals surface area contributed by atoms with Gasteiger partial charge in [-0.2, -0.15) is 0 Å². The minimum atomic E-state index is -1.05. The molecule has 0 aromatic heterocycles. The Morgan fingerprint density at radius 1 is 1.58 bits per heavy atom. The summed E-state index contributed by atoms with van der Waals surface area (Å²) in [5, 5.41) is 0. The van der Waals surface area contributed by atoms with Crippen molar-refractivity contribution in [1.82, 2.24) is 4.90 Å². The Labute approximate surface area is 72.7 Å². The van der Waals surface area contributed by atoms with Gasteiger partial charge < -0.3 is 4.74 Å². The maximum atomic E-state index is 13.8. The molecule has 2 heterocycles. The number of hydrogen-bond acceptors (Lipinski definition) is 2. The van der Waals surface area contributed by atoms with E-state index in [0.717, 1.165) is 6.54 Å². The molecule has 2 atom stereocenters. The number of alkyl halides is 1. The summed E-state index contributed by atoms with van der Waals surface area (Å²) >= 11 is 0. The molecule has 2 saturated heterocycles. The second-order valence-electron chi connectivity index (χ2n) is 4.31. The maximum Gasteiger partial charge on any atom is 0.149 e. The second-order valence-corrected chi connectivity index (χ2v) is 4.31. The lowest BCUT2D eigenvalue weighted by Crippen LogP contribution is -2.49. The van der Waals surface area contributed by atoms with E-state index < -0.39 is 5.67 Å². The molecule has 3 heteroatoms. The number of hydrogen-bond donors (Lipinski definition) is 0. The van der Waals surface area contributed by atoms with E-state index in [2.05, 4.69) is 18.7 Å². The van der Waals surface area contributed by atoms with Crippen molar-refractivity contribution in [3.63, 3.8) is 0 Å². The van der Waals surface area contributed by atoms with Crippen molar-refractivity contribution in [3.05, 3.63) is 0 Å². The Kier molecular flexibility index (Phi) is 1.88. The van der Waals surface area contributed by atoms with Gasteiger partial charge in [0.2, 0.25) is 0 Å². The molecule has 12 heavy (non-hydrogen) atoms. The van der Waals surface area contributed by atoms with Gasteiger partial charge in [-0.05, 0) is 13.8 Å². The zero-order chi connectivity index (χ0) is 8.77. The number of halogens is 1. The van der Waals surface area contributed by atoms with Crippen LogP contribution in [0.2, 0.25) is 0 Å². The molecule has 0 N–H and O–H groups in total. The van der Waals surface area contributed by atoms with Crippen LogP contribution < -0.4 is 0 Å². The minimum Gasteiger partial charge on any atom is -0.373 e. The van der Waals surface area contributed by atoms with Crippen molar-refractivity contribution >= 4 is 0 Å². The standard InChI is InChI=1S/C9H16FNO/c1-7(2)11-4-8-3-9(10,5-11)6-12-8/h7-8H,3-6H2,1-2H3/t8-,9-/m1/s1. The van der Waals surface area contributed by atoms with Gasteiger partial charge in [-0.1, -0.05) is 0 Å². The van der Waals surface area contributed by atoms with Crippen LogP contribution in [0.1, 0.15) is 20.3 Å². The van der Waals surface area contributed by atoms with Crippen LogP contribution in [-0.4, -0.2) is 42.4 Å². The predicted molar refractivity (Wildman–Crippen MR) is 44.9 cm³/mol. The Bertz CT molecular complexity index is 185. The number of rotatable bonds is 1. The fourth-order valence-electron chi connectivity index (χ4n) is 2.10. The van der Waals surface area contributed by atoms with Crippen LogP contribution in [0.25, 0.3) is 0 Å². The fraction of sp³-hybridized carbons (Fsp3) is 1.00. The van der Waals surface area contributed by atoms with E-state index in [0.29, 0.717) is 25.6 Å². The molecule has 0 saturated carbocycles. The van der Waals surface area contributed by atoms with E-state index in [1.165, 1.54) is 0 Å². The Morgan fingerprint density at radius 3 is 2.92 bits per heavy atom. The first-order chi connectivity index (χ1) is 5.59. The molecule has 0 radical (unpaired) electrons. The first kappa shape index (κ1) is 8.45. The highest BCUT2D eigenvalue weighted by Gasteiger charge is 2.46. The lowest BCUT2D eigenvalue weighted by molar-refractivity contribution is 0.0526. The molecule has 2 rings (SSSR count). The summed E-state index contributed by atoms with van der Waals surface area (Å²) in [6.07, 6.45) is 0.752. The van der Waals surface area contributed by atoms with Gasteiger partial charge in [-0.15, -0.1) is 0 Å². The Hall–Kier alpha value is -0.150. The second kappa shape index (κ2) is 2.67. The molecule has 0 aromatic rings. The Balaban J connectivity index is 2.06. The molecular formula is C9H16FNO. The molecule has 2 fully saturated rings. The normalized spacial score (nSPS) is 42.5. The van der Waals surface area contributed by atoms with Gasteiger partial charge in [0.1, 0.15) is 5.67 Å². The van der Waals surface area contributed by atoms with E-state index in [1.807, 2.05) is 0 Å². The van der Waals surface area contributed by atoms with Crippen molar-refractivity contribution in [3.8, 4) is 0 Å². The zero-order valence-corrected chi connectivity index (χ0v) is 7.72. The van der Waals surface area contributed by atoms with Gasteiger partial charge in [-0.25, -0.2) is 4.39 Å². The number of fused-ring (bicyclic) bond motifs is 2. The third kappa shape index (κ3) is 1.36. The van der Waals surface area contributed by atoms with Crippen molar-refractivity contribution in [1.29, 1.82) is 0 Å². The molecule has 2 aliphatic rings. The summed E-state index contributed by atoms with van der Waals surface area (Å²) in [5.41, 5.74) is -1.05. The van der Waals surface area contributed by atoms with Gasteiger partial charge in [0.15, 0.2) is 0 Å². The van der Waals surface area contributed by atoms with Crippen LogP contribution in [0.4, 0.5) is 4.39 Å². The van der Waals surface area contributed by atoms with Crippen LogP contribution in [0, 0.1) is 0 Å². The molecule has 2 aliphatic heterocycles. The molecule has 0 spiro atoms. The summed E-state index contributed by atoms with van der Waals surface area (Å²) < 4.78 is 19.1. The highest BCUT2D eigenvalue weighted by Crippen LogP contribution is 2.34. The lowest BCUT2D eigenvalue weighted by Gasteiger charge is -2.36. The predicted octanol–water partition coefficient (Wildman–Crippen LogP) is 1.21. The number of ether oxygens (including phenoxy) is 1. The Morgan fingerprint density at radius 2 is 2.33 bits per heavy atom. The van der Waals surface area contributed by atoms with Gasteiger partial charge in [0.05, 0.1) is 12.7 Å². The van der Waals surface area contributed by atoms with Gasteiger partial charge in [0.25, 0.3) is 0 Å². The summed E-state index contributed by atoms with van der Waals surface area (Å²) in [6.45, 7) is 5.98. The number of piperidine rings is 1. The SMILES string of the molecule is CC(C)N1C[C@H]2C[C@](F)(CO2)C1. The molecule has 2 bridgehead atoms. The molecule has 70 valence electrons. The molecule has 2 nitrogen and oxygen atoms in total. The average molecular weight is 173 g/mol. The molecule has 0 aromatic carbocycles. The lowest BCUT2D eigenvalue weighted by atomic mass is 9.96. The average Bonchev–Trinajstić information content (AvgIpc) is 2.25. The third-order valence-electron chi connectivity index (χ3n) is 2.83. The van der Waals surface area contributed by atoms with E-state index in [1.54, 1.807) is 0 Å². The van der Waals surface area contributed by atoms with Crippen molar-refractivity contribution in [2.24, 2.45) is 0 Å². The van der Waals surface area contributed by atoms with Gasteiger partial charge >= 0.3 is 0 Å². The van der Waals surface area contributed by atoms with E-state index in [4.69, 9.17) is 4.74 Å². The van der Waals surface area contributed by atoms with Crippen LogP contribution in [0.3, 0.4) is 0 Å². The maximum absolute atomic E-state index is 13.8. The van der Waals surface area contributed by atoms with Gasteiger partial charge in [-0.3, -0.25) is 4.90 Å². The van der Waals surface area contributed by atoms with Crippen molar-refractivity contribution in [2.45, 2.75) is 38.1 Å². The van der Waals surface area contributed by atoms with Crippen LogP contribution in [0.5, 0.6) is 0 Å². The molecule has 0 aliphatic carbocycles. The summed E-state index contributed by atoms with van der Waals surface area (Å²) in [5.74, 6) is 0. The van der Waals surface area contributed by atoms with E-state index in [-0.39, 0.29) is 6.10 Å². The quantitative estimate of drug-likeness (QED) is 0.591. The smallest absolute Gasteiger partial charge is 0.149 e. The summed E-state index contributed by atoms with van der Waals surface area (Å²) in [4.78, 5) is 2.17. The fourth-order valence-corrected chi connectivity index (χ4v) is 2.10. The highest BCUT2D eigenvalue weighted by atomic mass is 19.1. The number of likely N-dealkylation sites (tertiary alicyclic amines) is 1.